The van der Waals surface area contributed by atoms with Gasteiger partial charge in [-0.25, -0.2) is 0 Å². The molecule has 1 aliphatic rings. The van der Waals surface area contributed by atoms with Crippen molar-refractivity contribution in [1.29, 1.82) is 0 Å². The fourth-order valence-electron chi connectivity index (χ4n) is 1.41. The van der Waals surface area contributed by atoms with Gasteiger partial charge in [0.1, 0.15) is 0 Å². The van der Waals surface area contributed by atoms with Gasteiger partial charge in [0, 0.05) is 13.3 Å². The Morgan fingerprint density at radius 2 is 2.31 bits per heavy atom. The summed E-state index contributed by atoms with van der Waals surface area (Å²) in [4.78, 5) is 10.8. The van der Waals surface area contributed by atoms with Gasteiger partial charge in [0.15, 0.2) is 0 Å². The topological polar surface area (TPSA) is 35.5 Å². The van der Waals surface area contributed by atoms with Crippen LogP contribution in [0.3, 0.4) is 0 Å². The van der Waals surface area contributed by atoms with Crippen molar-refractivity contribution in [3.63, 3.8) is 0 Å². The summed E-state index contributed by atoms with van der Waals surface area (Å²) in [5.74, 6) is -0.775. The molecular formula is C10H18O3. The van der Waals surface area contributed by atoms with Crippen LogP contribution in [-0.2, 0) is 14.3 Å². The van der Waals surface area contributed by atoms with Crippen molar-refractivity contribution in [2.24, 2.45) is 0 Å². The number of cyclic esters (lactones) is 1. The quantitative estimate of drug-likeness (QED) is 0.488. The van der Waals surface area contributed by atoms with Crippen LogP contribution < -0.4 is 0 Å². The van der Waals surface area contributed by atoms with Gasteiger partial charge in [-0.2, -0.15) is 0 Å². The van der Waals surface area contributed by atoms with E-state index in [4.69, 9.17) is 9.47 Å². The van der Waals surface area contributed by atoms with Crippen LogP contribution in [0.5, 0.6) is 0 Å². The van der Waals surface area contributed by atoms with Crippen molar-refractivity contribution >= 4 is 5.97 Å². The van der Waals surface area contributed by atoms with Crippen molar-refractivity contribution in [3.8, 4) is 0 Å². The molecule has 76 valence electrons. The van der Waals surface area contributed by atoms with Crippen LogP contribution in [0, 0.1) is 0 Å². The number of hydrogen-bond donors (Lipinski definition) is 0. The van der Waals surface area contributed by atoms with Gasteiger partial charge in [-0.1, -0.05) is 19.8 Å². The third kappa shape index (κ3) is 3.35. The minimum Gasteiger partial charge on any atom is -0.433 e. The van der Waals surface area contributed by atoms with Gasteiger partial charge in [0.05, 0.1) is 13.0 Å². The highest BCUT2D eigenvalue weighted by atomic mass is 16.7. The first-order chi connectivity index (χ1) is 6.16. The second-order valence-corrected chi connectivity index (χ2v) is 3.66. The van der Waals surface area contributed by atoms with E-state index in [1.165, 1.54) is 12.8 Å². The Labute approximate surface area is 79.4 Å². The molecule has 0 amide bonds. The van der Waals surface area contributed by atoms with Gasteiger partial charge in [-0.05, 0) is 6.42 Å². The Hall–Kier alpha value is -0.570. The van der Waals surface area contributed by atoms with E-state index in [0.29, 0.717) is 19.4 Å². The molecule has 1 atom stereocenters. The minimum atomic E-state index is -0.634. The molecule has 1 rings (SSSR count). The van der Waals surface area contributed by atoms with E-state index in [-0.39, 0.29) is 5.97 Å². The van der Waals surface area contributed by atoms with Crippen LogP contribution in [0.15, 0.2) is 0 Å². The van der Waals surface area contributed by atoms with Crippen LogP contribution in [0.25, 0.3) is 0 Å². The third-order valence-electron chi connectivity index (χ3n) is 2.27. The fourth-order valence-corrected chi connectivity index (χ4v) is 1.41. The first kappa shape index (κ1) is 10.5. The number of ether oxygens (including phenoxy) is 2. The standard InChI is InChI=1S/C10H18O3/c1-3-4-5-8-12-10(2)7-6-9(11)13-10/h3-8H2,1-2H3. The fraction of sp³-hybridized carbons (Fsp3) is 0.900. The highest BCUT2D eigenvalue weighted by Crippen LogP contribution is 2.27. The van der Waals surface area contributed by atoms with E-state index in [1.807, 2.05) is 6.92 Å². The lowest BCUT2D eigenvalue weighted by Gasteiger charge is -2.22. The minimum absolute atomic E-state index is 0.141. The van der Waals surface area contributed by atoms with E-state index in [0.717, 1.165) is 6.42 Å². The van der Waals surface area contributed by atoms with Crippen LogP contribution in [0.2, 0.25) is 0 Å². The molecular weight excluding hydrogens is 168 g/mol. The predicted molar refractivity (Wildman–Crippen MR) is 49.2 cm³/mol. The Morgan fingerprint density at radius 3 is 2.85 bits per heavy atom. The van der Waals surface area contributed by atoms with Crippen LogP contribution in [-0.4, -0.2) is 18.4 Å². The zero-order chi connectivity index (χ0) is 9.73. The number of unbranched alkanes of at least 4 members (excludes halogenated alkanes) is 2. The molecule has 3 heteroatoms. The summed E-state index contributed by atoms with van der Waals surface area (Å²) in [5, 5.41) is 0. The number of hydrogen-bond acceptors (Lipinski definition) is 3. The smallest absolute Gasteiger partial charge is 0.308 e. The van der Waals surface area contributed by atoms with E-state index < -0.39 is 5.79 Å². The molecule has 0 radical (unpaired) electrons. The monoisotopic (exact) mass is 186 g/mol. The number of carbonyl (C=O) groups is 1. The van der Waals surface area contributed by atoms with Crippen molar-refractivity contribution in [2.75, 3.05) is 6.61 Å². The van der Waals surface area contributed by atoms with Gasteiger partial charge in [0.25, 0.3) is 0 Å². The van der Waals surface area contributed by atoms with Crippen molar-refractivity contribution in [3.05, 3.63) is 0 Å². The molecule has 0 spiro atoms. The highest BCUT2D eigenvalue weighted by Gasteiger charge is 2.36. The van der Waals surface area contributed by atoms with E-state index in [2.05, 4.69) is 6.92 Å². The van der Waals surface area contributed by atoms with E-state index in [9.17, 15) is 4.79 Å². The summed E-state index contributed by atoms with van der Waals surface area (Å²) in [6.45, 7) is 4.68. The molecule has 0 bridgehead atoms. The van der Waals surface area contributed by atoms with E-state index >= 15 is 0 Å². The number of rotatable bonds is 5. The molecule has 1 unspecified atom stereocenters. The molecule has 0 aromatic heterocycles. The summed E-state index contributed by atoms with van der Waals surface area (Å²) in [7, 11) is 0. The summed E-state index contributed by atoms with van der Waals surface area (Å²) in [5.41, 5.74) is 0. The average molecular weight is 186 g/mol. The second kappa shape index (κ2) is 4.61. The Balaban J connectivity index is 2.16. The summed E-state index contributed by atoms with van der Waals surface area (Å²) in [6, 6.07) is 0. The lowest BCUT2D eigenvalue weighted by Crippen LogP contribution is -2.28. The lowest BCUT2D eigenvalue weighted by atomic mass is 10.2. The zero-order valence-corrected chi connectivity index (χ0v) is 8.47. The molecule has 0 N–H and O–H groups in total. The van der Waals surface area contributed by atoms with Gasteiger partial charge in [-0.15, -0.1) is 0 Å². The van der Waals surface area contributed by atoms with E-state index in [1.54, 1.807) is 0 Å². The van der Waals surface area contributed by atoms with Crippen molar-refractivity contribution < 1.29 is 14.3 Å². The highest BCUT2D eigenvalue weighted by molar-refractivity contribution is 5.71. The maximum Gasteiger partial charge on any atom is 0.308 e. The van der Waals surface area contributed by atoms with Crippen LogP contribution in [0.4, 0.5) is 0 Å². The molecule has 1 aliphatic heterocycles. The zero-order valence-electron chi connectivity index (χ0n) is 8.47. The lowest BCUT2D eigenvalue weighted by molar-refractivity contribution is -0.203. The first-order valence-electron chi connectivity index (χ1n) is 5.02. The van der Waals surface area contributed by atoms with Gasteiger partial charge in [-0.3, -0.25) is 4.79 Å². The maximum absolute atomic E-state index is 10.8. The number of carbonyl (C=O) groups excluding carboxylic acids is 1. The first-order valence-corrected chi connectivity index (χ1v) is 5.02. The second-order valence-electron chi connectivity index (χ2n) is 3.66. The summed E-state index contributed by atoms with van der Waals surface area (Å²) in [6.07, 6.45) is 4.58. The number of esters is 1. The molecule has 0 aromatic rings. The molecule has 0 aliphatic carbocycles. The van der Waals surface area contributed by atoms with Gasteiger partial charge < -0.3 is 9.47 Å². The Morgan fingerprint density at radius 1 is 1.54 bits per heavy atom. The molecule has 1 fully saturated rings. The normalized spacial score (nSPS) is 27.7. The summed E-state index contributed by atoms with van der Waals surface area (Å²) < 4.78 is 10.6. The Bertz CT molecular complexity index is 179. The molecule has 1 heterocycles. The summed E-state index contributed by atoms with van der Waals surface area (Å²) >= 11 is 0. The molecule has 3 nitrogen and oxygen atoms in total. The largest absolute Gasteiger partial charge is 0.433 e. The molecule has 1 saturated heterocycles. The van der Waals surface area contributed by atoms with Crippen molar-refractivity contribution in [1.82, 2.24) is 0 Å². The Kier molecular flexibility index (Phi) is 3.72. The molecule has 0 aromatic carbocycles. The maximum atomic E-state index is 10.8. The third-order valence-corrected chi connectivity index (χ3v) is 2.27. The van der Waals surface area contributed by atoms with Crippen LogP contribution in [0.1, 0.15) is 46.0 Å². The van der Waals surface area contributed by atoms with Gasteiger partial charge in [0.2, 0.25) is 5.79 Å². The van der Waals surface area contributed by atoms with Crippen molar-refractivity contribution in [2.45, 2.75) is 51.7 Å². The average Bonchev–Trinajstić information content (AvgIpc) is 2.41. The molecule has 0 saturated carbocycles. The predicted octanol–water partition coefficient (Wildman–Crippen LogP) is 2.25. The SMILES string of the molecule is CCCCCOC1(C)CCC(=O)O1. The molecule has 13 heavy (non-hydrogen) atoms. The van der Waals surface area contributed by atoms with Gasteiger partial charge >= 0.3 is 5.97 Å². The van der Waals surface area contributed by atoms with Crippen LogP contribution >= 0.6 is 0 Å².